The number of rotatable bonds is 6. The summed E-state index contributed by atoms with van der Waals surface area (Å²) in [6, 6.07) is 0.481. The van der Waals surface area contributed by atoms with Crippen LogP contribution in [0.5, 0.6) is 0 Å². The predicted octanol–water partition coefficient (Wildman–Crippen LogP) is 1.66. The zero-order chi connectivity index (χ0) is 21.6. The fourth-order valence-electron chi connectivity index (χ4n) is 6.34. The number of nitrogens with one attached hydrogen (secondary N) is 3. The molecule has 2 saturated carbocycles. The Kier molecular flexibility index (Phi) is 8.63. The minimum atomic E-state index is 0.175. The highest BCUT2D eigenvalue weighted by atomic mass is 16.5. The van der Waals surface area contributed by atoms with E-state index in [0.717, 1.165) is 76.5 Å². The van der Waals surface area contributed by atoms with Gasteiger partial charge in [-0.05, 0) is 82.0 Å². The molecule has 0 aromatic heterocycles. The van der Waals surface area contributed by atoms with Crippen LogP contribution >= 0.6 is 0 Å². The van der Waals surface area contributed by atoms with Crippen molar-refractivity contribution in [3.63, 3.8) is 0 Å². The van der Waals surface area contributed by atoms with E-state index in [1.807, 2.05) is 12.0 Å². The Morgan fingerprint density at radius 2 is 1.71 bits per heavy atom. The van der Waals surface area contributed by atoms with Gasteiger partial charge in [-0.2, -0.15) is 0 Å². The van der Waals surface area contributed by atoms with Gasteiger partial charge in [-0.15, -0.1) is 0 Å². The number of carbonyl (C=O) groups excluding carboxylic acids is 1. The molecule has 178 valence electrons. The zero-order valence-corrected chi connectivity index (χ0v) is 19.4. The van der Waals surface area contributed by atoms with Crippen molar-refractivity contribution in [1.82, 2.24) is 20.9 Å². The second-order valence-corrected chi connectivity index (χ2v) is 10.5. The third-order valence-corrected chi connectivity index (χ3v) is 8.45. The fourth-order valence-corrected chi connectivity index (χ4v) is 6.34. The number of aliphatic hydroxyl groups excluding tert-OH is 1. The number of aliphatic hydroxyl groups is 1. The van der Waals surface area contributed by atoms with Gasteiger partial charge in [0.1, 0.15) is 6.29 Å². The molecule has 4 fully saturated rings. The van der Waals surface area contributed by atoms with Crippen LogP contribution in [0.15, 0.2) is 0 Å². The summed E-state index contributed by atoms with van der Waals surface area (Å²) < 4.78 is 5.52. The molecule has 7 heteroatoms. The number of piperidine rings is 1. The van der Waals surface area contributed by atoms with E-state index in [2.05, 4.69) is 16.0 Å². The van der Waals surface area contributed by atoms with Crippen LogP contribution in [0, 0.1) is 23.7 Å². The summed E-state index contributed by atoms with van der Waals surface area (Å²) in [6.07, 6.45) is 11.8. The molecule has 0 bridgehead atoms. The molecule has 4 rings (SSSR count). The summed E-state index contributed by atoms with van der Waals surface area (Å²) in [6.45, 7) is 4.00. The van der Waals surface area contributed by atoms with Crippen molar-refractivity contribution in [2.24, 2.45) is 23.7 Å². The minimum Gasteiger partial charge on any atom is -0.396 e. The molecule has 1 unspecified atom stereocenters. The van der Waals surface area contributed by atoms with Gasteiger partial charge in [0.15, 0.2) is 0 Å². The molecule has 0 spiro atoms. The number of nitrogens with zero attached hydrogens (tertiary/aromatic N) is 1. The maximum Gasteiger partial charge on any atom is 0.225 e. The van der Waals surface area contributed by atoms with E-state index >= 15 is 0 Å². The van der Waals surface area contributed by atoms with E-state index in [0.29, 0.717) is 18.1 Å². The largest absolute Gasteiger partial charge is 0.396 e. The highest BCUT2D eigenvalue weighted by Gasteiger charge is 2.34. The maximum atomic E-state index is 12.9. The topological polar surface area (TPSA) is 85.9 Å². The van der Waals surface area contributed by atoms with Gasteiger partial charge < -0.3 is 14.7 Å². The second-order valence-electron chi connectivity index (χ2n) is 10.5. The molecular weight excluding hydrogens is 392 g/mol. The van der Waals surface area contributed by atoms with E-state index in [1.165, 1.54) is 25.7 Å². The van der Waals surface area contributed by atoms with E-state index in [4.69, 9.17) is 4.74 Å². The van der Waals surface area contributed by atoms with E-state index in [9.17, 15) is 9.90 Å². The SMILES string of the molecule is COC1CCC(C2CNC(NC3CCC(C(=O)N4CCCC(CO)C4)CC3)NC2)CC1. The average molecular weight is 437 g/mol. The Morgan fingerprint density at radius 1 is 1.00 bits per heavy atom. The van der Waals surface area contributed by atoms with Crippen LogP contribution in [-0.4, -0.2) is 74.2 Å². The van der Waals surface area contributed by atoms with Crippen molar-refractivity contribution in [2.45, 2.75) is 82.6 Å². The Hall–Kier alpha value is -0.730. The van der Waals surface area contributed by atoms with Crippen LogP contribution < -0.4 is 16.0 Å². The smallest absolute Gasteiger partial charge is 0.225 e. The monoisotopic (exact) mass is 436 g/mol. The van der Waals surface area contributed by atoms with Crippen molar-refractivity contribution < 1.29 is 14.6 Å². The maximum absolute atomic E-state index is 12.9. The number of ether oxygens (including phenoxy) is 1. The first kappa shape index (κ1) is 23.4. The summed E-state index contributed by atoms with van der Waals surface area (Å²) in [7, 11) is 1.84. The van der Waals surface area contributed by atoms with Gasteiger partial charge in [0, 0.05) is 51.9 Å². The number of carbonyl (C=O) groups is 1. The van der Waals surface area contributed by atoms with E-state index in [1.54, 1.807) is 0 Å². The number of hydrogen-bond acceptors (Lipinski definition) is 6. The molecule has 4 aliphatic rings. The molecule has 2 aliphatic carbocycles. The molecule has 1 atom stereocenters. The standard InChI is InChI=1S/C24H44N4O3/c1-31-22-10-6-18(7-11-22)20-13-25-24(26-14-20)27-21-8-4-19(5-9-21)23(30)28-12-2-3-17(15-28)16-29/h17-22,24-27,29H,2-16H2,1H3. The first-order valence-electron chi connectivity index (χ1n) is 12.8. The summed E-state index contributed by atoms with van der Waals surface area (Å²) in [4.78, 5) is 14.9. The van der Waals surface area contributed by atoms with Crippen LogP contribution in [-0.2, 0) is 9.53 Å². The molecule has 2 saturated heterocycles. The summed E-state index contributed by atoms with van der Waals surface area (Å²) >= 11 is 0. The Labute approximate surface area is 188 Å². The summed E-state index contributed by atoms with van der Waals surface area (Å²) in [5, 5.41) is 20.6. The van der Waals surface area contributed by atoms with Crippen LogP contribution in [0.1, 0.15) is 64.2 Å². The lowest BCUT2D eigenvalue weighted by molar-refractivity contribution is -0.138. The number of methoxy groups -OCH3 is 1. The van der Waals surface area contributed by atoms with Gasteiger partial charge in [-0.3, -0.25) is 20.7 Å². The highest BCUT2D eigenvalue weighted by Crippen LogP contribution is 2.32. The van der Waals surface area contributed by atoms with E-state index in [-0.39, 0.29) is 24.7 Å². The molecule has 0 aromatic carbocycles. The molecule has 7 nitrogen and oxygen atoms in total. The molecule has 0 radical (unpaired) electrons. The normalized spacial score (nSPS) is 39.9. The first-order chi connectivity index (χ1) is 15.2. The van der Waals surface area contributed by atoms with Crippen LogP contribution in [0.25, 0.3) is 0 Å². The molecule has 0 aromatic rings. The summed E-state index contributed by atoms with van der Waals surface area (Å²) in [5.74, 6) is 2.31. The van der Waals surface area contributed by atoms with Crippen LogP contribution in [0.3, 0.4) is 0 Å². The third-order valence-electron chi connectivity index (χ3n) is 8.45. The molecule has 1 amide bonds. The van der Waals surface area contributed by atoms with Gasteiger partial charge in [0.2, 0.25) is 5.91 Å². The molecule has 2 aliphatic heterocycles. The van der Waals surface area contributed by atoms with E-state index < -0.39 is 0 Å². The Bertz CT molecular complexity index is 553. The molecule has 2 heterocycles. The van der Waals surface area contributed by atoms with Crippen molar-refractivity contribution in [2.75, 3.05) is 39.9 Å². The predicted molar refractivity (Wildman–Crippen MR) is 121 cm³/mol. The highest BCUT2D eigenvalue weighted by molar-refractivity contribution is 5.79. The lowest BCUT2D eigenvalue weighted by Crippen LogP contribution is -2.63. The van der Waals surface area contributed by atoms with Crippen molar-refractivity contribution in [3.05, 3.63) is 0 Å². The average Bonchev–Trinajstić information content (AvgIpc) is 2.84. The van der Waals surface area contributed by atoms with Gasteiger partial charge in [0.25, 0.3) is 0 Å². The van der Waals surface area contributed by atoms with Gasteiger partial charge in [-0.25, -0.2) is 0 Å². The van der Waals surface area contributed by atoms with Gasteiger partial charge in [-0.1, -0.05) is 0 Å². The second kappa shape index (κ2) is 11.4. The minimum absolute atomic E-state index is 0.175. The van der Waals surface area contributed by atoms with Crippen LogP contribution in [0.4, 0.5) is 0 Å². The van der Waals surface area contributed by atoms with Gasteiger partial charge in [0.05, 0.1) is 6.10 Å². The van der Waals surface area contributed by atoms with Crippen LogP contribution in [0.2, 0.25) is 0 Å². The lowest BCUT2D eigenvalue weighted by atomic mass is 9.78. The number of likely N-dealkylation sites (tertiary alicyclic amines) is 1. The number of amides is 1. The Balaban J connectivity index is 1.14. The lowest BCUT2D eigenvalue weighted by Gasteiger charge is -2.41. The molecule has 4 N–H and O–H groups in total. The molecular formula is C24H44N4O3. The molecule has 31 heavy (non-hydrogen) atoms. The fraction of sp³-hybridized carbons (Fsp3) is 0.958. The van der Waals surface area contributed by atoms with Crippen molar-refractivity contribution >= 4 is 5.91 Å². The Morgan fingerprint density at radius 3 is 2.35 bits per heavy atom. The summed E-state index contributed by atoms with van der Waals surface area (Å²) in [5.41, 5.74) is 0. The zero-order valence-electron chi connectivity index (χ0n) is 19.4. The number of hydrogen-bond donors (Lipinski definition) is 4. The van der Waals surface area contributed by atoms with Crippen molar-refractivity contribution in [1.29, 1.82) is 0 Å². The van der Waals surface area contributed by atoms with Crippen molar-refractivity contribution in [3.8, 4) is 0 Å². The quantitative estimate of drug-likeness (QED) is 0.507. The van der Waals surface area contributed by atoms with Gasteiger partial charge >= 0.3 is 0 Å². The first-order valence-corrected chi connectivity index (χ1v) is 12.8. The third kappa shape index (κ3) is 6.20.